The lowest BCUT2D eigenvalue weighted by Gasteiger charge is -2.11. The number of nitrogens with zero attached hydrogens (tertiary/aromatic N) is 2. The fourth-order valence-electron chi connectivity index (χ4n) is 2.26. The first-order valence-electron chi connectivity index (χ1n) is 8.15. The number of carbonyl (C=O) groups excluding carboxylic acids is 1. The van der Waals surface area contributed by atoms with Crippen LogP contribution in [-0.4, -0.2) is 27.5 Å². The van der Waals surface area contributed by atoms with Crippen molar-refractivity contribution >= 4 is 57.7 Å². The summed E-state index contributed by atoms with van der Waals surface area (Å²) >= 11 is 12.3. The van der Waals surface area contributed by atoms with Gasteiger partial charge in [-0.25, -0.2) is 14.4 Å². The molecule has 1 amide bonds. The summed E-state index contributed by atoms with van der Waals surface area (Å²) in [5, 5.41) is 11.1. The molecule has 3 N–H and O–H groups in total. The molecule has 0 saturated carbocycles. The molecule has 0 radical (unpaired) electrons. The van der Waals surface area contributed by atoms with E-state index in [0.717, 1.165) is 0 Å². The van der Waals surface area contributed by atoms with Crippen LogP contribution >= 0.6 is 35.2 Å². The molecule has 3 aromatic rings. The first-order valence-corrected chi connectivity index (χ1v) is 9.88. The number of anilines is 2. The summed E-state index contributed by atoms with van der Waals surface area (Å²) in [5.41, 5.74) is 3.14. The van der Waals surface area contributed by atoms with Gasteiger partial charge in [-0.1, -0.05) is 17.7 Å². The van der Waals surface area contributed by atoms with Crippen LogP contribution in [0, 0.1) is 5.82 Å². The van der Waals surface area contributed by atoms with E-state index in [2.05, 4.69) is 25.9 Å². The highest BCUT2D eigenvalue weighted by Crippen LogP contribution is 2.15. The molecule has 0 spiro atoms. The molecule has 0 fully saturated rings. The Hall–Kier alpha value is -2.62. The van der Waals surface area contributed by atoms with Crippen LogP contribution in [0.2, 0.25) is 5.02 Å². The minimum atomic E-state index is -0.340. The number of carbonyl (C=O) groups is 1. The van der Waals surface area contributed by atoms with Crippen LogP contribution in [0.1, 0.15) is 16.1 Å². The number of nitrogens with one attached hydrogen (secondary N) is 3. The molecule has 0 saturated heterocycles. The maximum absolute atomic E-state index is 13.7. The zero-order valence-corrected chi connectivity index (χ0v) is 16.8. The van der Waals surface area contributed by atoms with Gasteiger partial charge < -0.3 is 16.0 Å². The number of rotatable bonds is 6. The third-order valence-corrected chi connectivity index (χ3v) is 4.69. The van der Waals surface area contributed by atoms with E-state index >= 15 is 0 Å². The Morgan fingerprint density at radius 3 is 2.75 bits per heavy atom. The predicted octanol–water partition coefficient (Wildman–Crippen LogP) is 4.11. The highest BCUT2D eigenvalue weighted by atomic mass is 35.5. The van der Waals surface area contributed by atoms with E-state index in [4.69, 9.17) is 23.8 Å². The Kier molecular flexibility index (Phi) is 6.85. The van der Waals surface area contributed by atoms with E-state index in [1.54, 1.807) is 41.4 Å². The van der Waals surface area contributed by atoms with E-state index in [9.17, 15) is 9.18 Å². The minimum absolute atomic E-state index is 0.318. The Balaban J connectivity index is 1.45. The van der Waals surface area contributed by atoms with Crippen LogP contribution < -0.4 is 16.0 Å². The van der Waals surface area contributed by atoms with E-state index < -0.39 is 0 Å². The number of benzene rings is 1. The van der Waals surface area contributed by atoms with Crippen LogP contribution in [0.4, 0.5) is 15.9 Å². The van der Waals surface area contributed by atoms with Gasteiger partial charge in [0, 0.05) is 16.9 Å². The fraction of sp³-hybridized carbons (Fsp3) is 0.111. The summed E-state index contributed by atoms with van der Waals surface area (Å²) in [6.45, 7) is 0.458. The molecule has 6 nitrogen and oxygen atoms in total. The number of hydrogen-bond acceptors (Lipinski definition) is 5. The predicted molar refractivity (Wildman–Crippen MR) is 114 cm³/mol. The van der Waals surface area contributed by atoms with Gasteiger partial charge in [0.2, 0.25) is 0 Å². The normalized spacial score (nSPS) is 10.4. The van der Waals surface area contributed by atoms with Gasteiger partial charge in [0.15, 0.2) is 5.11 Å². The zero-order valence-electron chi connectivity index (χ0n) is 14.4. The number of thiazole rings is 1. The summed E-state index contributed by atoms with van der Waals surface area (Å²) in [4.78, 5) is 20.0. The third-order valence-electron chi connectivity index (χ3n) is 3.62. The smallest absolute Gasteiger partial charge is 0.276 e. The fourth-order valence-corrected chi connectivity index (χ4v) is 3.17. The second kappa shape index (κ2) is 9.54. The van der Waals surface area contributed by atoms with Crippen molar-refractivity contribution in [2.45, 2.75) is 6.42 Å². The van der Waals surface area contributed by atoms with E-state index in [0.29, 0.717) is 45.9 Å². The molecule has 144 valence electrons. The largest absolute Gasteiger partial charge is 0.362 e. The molecule has 0 unspecified atom stereocenters. The zero-order chi connectivity index (χ0) is 19.9. The van der Waals surface area contributed by atoms with Crippen molar-refractivity contribution in [2.75, 3.05) is 17.2 Å². The molecular weight excluding hydrogens is 421 g/mol. The molecular formula is C18H15ClFN5OS2. The molecule has 0 aliphatic heterocycles. The Labute approximate surface area is 175 Å². The minimum Gasteiger partial charge on any atom is -0.362 e. The van der Waals surface area contributed by atoms with Crippen LogP contribution in [0.3, 0.4) is 0 Å². The number of hydrogen-bond donors (Lipinski definition) is 3. The highest BCUT2D eigenvalue weighted by Gasteiger charge is 2.09. The molecule has 28 heavy (non-hydrogen) atoms. The summed E-state index contributed by atoms with van der Waals surface area (Å²) in [7, 11) is 0. The first kappa shape index (κ1) is 20.1. The standard InChI is InChI=1S/C18H15ClFN5OS2/c19-12-2-1-11(14(20)7-12)5-6-21-18(27)24-13-3-4-16(22-8-13)25-17(26)15-9-28-10-23-15/h1-4,7-10H,5-6H2,(H2,21,24,27)(H,22,25,26). The lowest BCUT2D eigenvalue weighted by Crippen LogP contribution is -2.30. The van der Waals surface area contributed by atoms with Crippen LogP contribution in [0.15, 0.2) is 47.4 Å². The average Bonchev–Trinajstić information content (AvgIpc) is 3.20. The molecule has 2 heterocycles. The van der Waals surface area contributed by atoms with Crippen molar-refractivity contribution in [3.05, 3.63) is 69.5 Å². The van der Waals surface area contributed by atoms with Crippen molar-refractivity contribution < 1.29 is 9.18 Å². The lowest BCUT2D eigenvalue weighted by molar-refractivity contribution is 0.102. The van der Waals surface area contributed by atoms with E-state index in [-0.39, 0.29) is 11.7 Å². The molecule has 0 bridgehead atoms. The summed E-state index contributed by atoms with van der Waals surface area (Å²) in [5.74, 6) is -0.255. The maximum atomic E-state index is 13.7. The summed E-state index contributed by atoms with van der Waals surface area (Å²) in [6, 6.07) is 7.97. The topological polar surface area (TPSA) is 78.9 Å². The summed E-state index contributed by atoms with van der Waals surface area (Å²) < 4.78 is 13.7. The van der Waals surface area contributed by atoms with Crippen molar-refractivity contribution in [2.24, 2.45) is 0 Å². The van der Waals surface area contributed by atoms with Gasteiger partial charge in [0.25, 0.3) is 5.91 Å². The second-order valence-electron chi connectivity index (χ2n) is 5.63. The van der Waals surface area contributed by atoms with E-state index in [1.807, 2.05) is 0 Å². The second-order valence-corrected chi connectivity index (χ2v) is 7.19. The molecule has 3 rings (SSSR count). The maximum Gasteiger partial charge on any atom is 0.276 e. The van der Waals surface area contributed by atoms with Gasteiger partial charge in [-0.05, 0) is 48.5 Å². The molecule has 0 aliphatic carbocycles. The van der Waals surface area contributed by atoms with E-state index in [1.165, 1.54) is 17.4 Å². The van der Waals surface area contributed by atoms with Gasteiger partial charge in [-0.3, -0.25) is 4.79 Å². The average molecular weight is 436 g/mol. The van der Waals surface area contributed by atoms with Crippen LogP contribution in [-0.2, 0) is 6.42 Å². The Morgan fingerprint density at radius 1 is 1.21 bits per heavy atom. The Morgan fingerprint density at radius 2 is 2.07 bits per heavy atom. The van der Waals surface area contributed by atoms with Gasteiger partial charge in [0.05, 0.1) is 17.4 Å². The SMILES string of the molecule is O=C(Nc1ccc(NC(=S)NCCc2ccc(Cl)cc2F)cn1)c1cscn1. The van der Waals surface area contributed by atoms with Gasteiger partial charge >= 0.3 is 0 Å². The van der Waals surface area contributed by atoms with Crippen molar-refractivity contribution in [1.82, 2.24) is 15.3 Å². The van der Waals surface area contributed by atoms with Gasteiger partial charge in [-0.15, -0.1) is 11.3 Å². The molecule has 2 aromatic heterocycles. The monoisotopic (exact) mass is 435 g/mol. The molecule has 0 atom stereocenters. The van der Waals surface area contributed by atoms with Crippen LogP contribution in [0.25, 0.3) is 0 Å². The number of pyridine rings is 1. The van der Waals surface area contributed by atoms with Crippen molar-refractivity contribution in [3.8, 4) is 0 Å². The number of amides is 1. The highest BCUT2D eigenvalue weighted by molar-refractivity contribution is 7.80. The van der Waals surface area contributed by atoms with Gasteiger partial charge in [0.1, 0.15) is 17.3 Å². The first-order chi connectivity index (χ1) is 13.5. The Bertz CT molecular complexity index is 967. The van der Waals surface area contributed by atoms with Crippen molar-refractivity contribution in [3.63, 3.8) is 0 Å². The van der Waals surface area contributed by atoms with Crippen LogP contribution in [0.5, 0.6) is 0 Å². The molecule has 1 aromatic carbocycles. The van der Waals surface area contributed by atoms with Gasteiger partial charge in [-0.2, -0.15) is 0 Å². The van der Waals surface area contributed by atoms with Crippen molar-refractivity contribution in [1.29, 1.82) is 0 Å². The lowest BCUT2D eigenvalue weighted by atomic mass is 10.1. The summed E-state index contributed by atoms with van der Waals surface area (Å²) in [6.07, 6.45) is 2.01. The third kappa shape index (κ3) is 5.69. The number of thiocarbonyl (C=S) groups is 1. The number of aromatic nitrogens is 2. The molecule has 10 heteroatoms. The molecule has 0 aliphatic rings. The quantitative estimate of drug-likeness (QED) is 0.506. The number of halogens is 2.